The molecule has 1 unspecified atom stereocenters. The molecule has 23 heavy (non-hydrogen) atoms. The Bertz CT molecular complexity index is 785. The Hall–Kier alpha value is -2.94. The topological polar surface area (TPSA) is 42.0 Å². The Kier molecular flexibility index (Phi) is 4.48. The number of hydrogen-bond donors (Lipinski definition) is 1. The second-order valence-corrected chi connectivity index (χ2v) is 5.42. The van der Waals surface area contributed by atoms with E-state index >= 15 is 0 Å². The number of aryl methyl sites for hydroxylation is 1. The van der Waals surface area contributed by atoms with Crippen molar-refractivity contribution in [2.45, 2.75) is 13.0 Å². The van der Waals surface area contributed by atoms with E-state index < -0.39 is 0 Å². The van der Waals surface area contributed by atoms with E-state index in [4.69, 9.17) is 0 Å². The molecular formula is C20H18N2O. The van der Waals surface area contributed by atoms with Gasteiger partial charge in [-0.2, -0.15) is 0 Å². The van der Waals surface area contributed by atoms with Gasteiger partial charge >= 0.3 is 0 Å². The van der Waals surface area contributed by atoms with Gasteiger partial charge in [0.05, 0.1) is 11.6 Å². The van der Waals surface area contributed by atoms with E-state index in [2.05, 4.69) is 29.4 Å². The van der Waals surface area contributed by atoms with Gasteiger partial charge < -0.3 is 5.32 Å². The SMILES string of the molecule is Cc1ccccc1C(NC(=O)c1cccnc1)c1ccccc1. The van der Waals surface area contributed by atoms with Crippen molar-refractivity contribution in [1.29, 1.82) is 0 Å². The summed E-state index contributed by atoms with van der Waals surface area (Å²) in [4.78, 5) is 16.6. The van der Waals surface area contributed by atoms with Crippen LogP contribution in [0.2, 0.25) is 0 Å². The average molecular weight is 302 g/mol. The van der Waals surface area contributed by atoms with Crippen molar-refractivity contribution in [1.82, 2.24) is 10.3 Å². The molecule has 2 aromatic carbocycles. The molecule has 3 aromatic rings. The van der Waals surface area contributed by atoms with Crippen LogP contribution in [0.25, 0.3) is 0 Å². The highest BCUT2D eigenvalue weighted by Crippen LogP contribution is 2.25. The number of benzene rings is 2. The number of nitrogens with one attached hydrogen (secondary N) is 1. The van der Waals surface area contributed by atoms with Crippen LogP contribution < -0.4 is 5.32 Å². The second-order valence-electron chi connectivity index (χ2n) is 5.42. The summed E-state index contributed by atoms with van der Waals surface area (Å²) in [5.74, 6) is -0.129. The summed E-state index contributed by atoms with van der Waals surface area (Å²) >= 11 is 0. The Morgan fingerprint density at radius 1 is 0.957 bits per heavy atom. The normalized spacial score (nSPS) is 11.7. The van der Waals surface area contributed by atoms with Crippen molar-refractivity contribution < 1.29 is 4.79 Å². The molecule has 1 N–H and O–H groups in total. The smallest absolute Gasteiger partial charge is 0.253 e. The predicted molar refractivity (Wildman–Crippen MR) is 91.2 cm³/mol. The molecule has 1 heterocycles. The summed E-state index contributed by atoms with van der Waals surface area (Å²) in [5, 5.41) is 3.13. The van der Waals surface area contributed by atoms with Crippen LogP contribution in [-0.4, -0.2) is 10.9 Å². The second kappa shape index (κ2) is 6.88. The van der Waals surface area contributed by atoms with Gasteiger partial charge in [0.1, 0.15) is 0 Å². The Morgan fingerprint density at radius 2 is 1.70 bits per heavy atom. The van der Waals surface area contributed by atoms with Gasteiger partial charge in [0, 0.05) is 12.4 Å². The maximum Gasteiger partial charge on any atom is 0.253 e. The quantitative estimate of drug-likeness (QED) is 0.794. The van der Waals surface area contributed by atoms with Crippen LogP contribution in [0.5, 0.6) is 0 Å². The summed E-state index contributed by atoms with van der Waals surface area (Å²) in [5.41, 5.74) is 3.85. The molecule has 0 radical (unpaired) electrons. The van der Waals surface area contributed by atoms with Gasteiger partial charge in [-0.15, -0.1) is 0 Å². The van der Waals surface area contributed by atoms with Crippen molar-refractivity contribution in [2.24, 2.45) is 0 Å². The molecular weight excluding hydrogens is 284 g/mol. The van der Waals surface area contributed by atoms with Crippen molar-refractivity contribution in [3.8, 4) is 0 Å². The van der Waals surface area contributed by atoms with Gasteiger partial charge in [0.2, 0.25) is 0 Å². The Labute approximate surface area is 136 Å². The zero-order valence-electron chi connectivity index (χ0n) is 12.9. The van der Waals surface area contributed by atoms with Crippen molar-refractivity contribution in [2.75, 3.05) is 0 Å². The first-order valence-electron chi connectivity index (χ1n) is 7.57. The zero-order chi connectivity index (χ0) is 16.1. The van der Waals surface area contributed by atoms with Crippen LogP contribution in [0.15, 0.2) is 79.1 Å². The summed E-state index contributed by atoms with van der Waals surface area (Å²) in [6, 6.07) is 21.4. The lowest BCUT2D eigenvalue weighted by Crippen LogP contribution is -2.29. The van der Waals surface area contributed by atoms with Crippen LogP contribution in [0.3, 0.4) is 0 Å². The molecule has 1 amide bonds. The first-order valence-corrected chi connectivity index (χ1v) is 7.57. The van der Waals surface area contributed by atoms with Gasteiger partial charge in [-0.1, -0.05) is 54.6 Å². The van der Waals surface area contributed by atoms with E-state index in [0.29, 0.717) is 5.56 Å². The van der Waals surface area contributed by atoms with Crippen molar-refractivity contribution in [3.63, 3.8) is 0 Å². The summed E-state index contributed by atoms with van der Waals surface area (Å²) in [7, 11) is 0. The highest BCUT2D eigenvalue weighted by molar-refractivity contribution is 5.94. The highest BCUT2D eigenvalue weighted by Gasteiger charge is 2.19. The minimum Gasteiger partial charge on any atom is -0.341 e. The molecule has 3 rings (SSSR count). The number of carbonyl (C=O) groups is 1. The van der Waals surface area contributed by atoms with Gasteiger partial charge in [0.25, 0.3) is 5.91 Å². The third-order valence-electron chi connectivity index (χ3n) is 3.83. The number of hydrogen-bond acceptors (Lipinski definition) is 2. The van der Waals surface area contributed by atoms with Crippen LogP contribution in [0, 0.1) is 6.92 Å². The third kappa shape index (κ3) is 3.46. The number of rotatable bonds is 4. The maximum absolute atomic E-state index is 12.6. The van der Waals surface area contributed by atoms with Gasteiger partial charge in [0.15, 0.2) is 0 Å². The summed E-state index contributed by atoms with van der Waals surface area (Å²) < 4.78 is 0. The van der Waals surface area contributed by atoms with Crippen molar-refractivity contribution >= 4 is 5.91 Å². The van der Waals surface area contributed by atoms with Gasteiger partial charge in [-0.05, 0) is 35.7 Å². The Morgan fingerprint density at radius 3 is 2.39 bits per heavy atom. The lowest BCUT2D eigenvalue weighted by atomic mass is 9.95. The van der Waals surface area contributed by atoms with Gasteiger partial charge in [-0.3, -0.25) is 9.78 Å². The van der Waals surface area contributed by atoms with E-state index in [9.17, 15) is 4.79 Å². The van der Waals surface area contributed by atoms with Gasteiger partial charge in [-0.25, -0.2) is 0 Å². The van der Waals surface area contributed by atoms with Crippen LogP contribution in [0.4, 0.5) is 0 Å². The predicted octanol–water partition coefficient (Wildman–Crippen LogP) is 3.91. The Balaban J connectivity index is 1.97. The molecule has 0 aliphatic rings. The first kappa shape index (κ1) is 15.0. The molecule has 0 saturated carbocycles. The lowest BCUT2D eigenvalue weighted by molar-refractivity contribution is 0.0942. The maximum atomic E-state index is 12.6. The van der Waals surface area contributed by atoms with Crippen LogP contribution in [0.1, 0.15) is 33.1 Å². The molecule has 0 spiro atoms. The average Bonchev–Trinajstić information content (AvgIpc) is 2.62. The standard InChI is InChI=1S/C20H18N2O/c1-15-8-5-6-12-18(15)19(16-9-3-2-4-10-16)22-20(23)17-11-7-13-21-14-17/h2-14,19H,1H3,(H,22,23). The monoisotopic (exact) mass is 302 g/mol. The molecule has 1 aromatic heterocycles. The minimum absolute atomic E-state index is 0.129. The fraction of sp³-hybridized carbons (Fsp3) is 0.100. The number of aromatic nitrogens is 1. The van der Waals surface area contributed by atoms with Crippen LogP contribution >= 0.6 is 0 Å². The number of amides is 1. The molecule has 1 atom stereocenters. The third-order valence-corrected chi connectivity index (χ3v) is 3.83. The molecule has 0 bridgehead atoms. The minimum atomic E-state index is -0.190. The van der Waals surface area contributed by atoms with E-state index in [1.165, 1.54) is 0 Å². The summed E-state index contributed by atoms with van der Waals surface area (Å²) in [6.45, 7) is 2.06. The molecule has 3 heteroatoms. The molecule has 0 aliphatic heterocycles. The fourth-order valence-corrected chi connectivity index (χ4v) is 2.61. The van der Waals surface area contributed by atoms with Crippen LogP contribution in [-0.2, 0) is 0 Å². The summed E-state index contributed by atoms with van der Waals surface area (Å²) in [6.07, 6.45) is 3.24. The number of pyridine rings is 1. The zero-order valence-corrected chi connectivity index (χ0v) is 12.9. The first-order chi connectivity index (χ1) is 11.3. The highest BCUT2D eigenvalue weighted by atomic mass is 16.1. The number of nitrogens with zero attached hydrogens (tertiary/aromatic N) is 1. The lowest BCUT2D eigenvalue weighted by Gasteiger charge is -2.21. The van der Waals surface area contributed by atoms with E-state index in [1.807, 2.05) is 42.5 Å². The molecule has 0 saturated heterocycles. The largest absolute Gasteiger partial charge is 0.341 e. The van der Waals surface area contributed by atoms with E-state index in [-0.39, 0.29) is 11.9 Å². The molecule has 0 aliphatic carbocycles. The fourth-order valence-electron chi connectivity index (χ4n) is 2.61. The number of carbonyl (C=O) groups excluding carboxylic acids is 1. The molecule has 114 valence electrons. The van der Waals surface area contributed by atoms with E-state index in [0.717, 1.165) is 16.7 Å². The van der Waals surface area contributed by atoms with Crippen molar-refractivity contribution in [3.05, 3.63) is 101 Å². The molecule has 0 fully saturated rings. The molecule has 3 nitrogen and oxygen atoms in total. The van der Waals surface area contributed by atoms with E-state index in [1.54, 1.807) is 24.5 Å².